The fourth-order valence-electron chi connectivity index (χ4n) is 5.47. The Morgan fingerprint density at radius 2 is 1.97 bits per heavy atom. The summed E-state index contributed by atoms with van der Waals surface area (Å²) in [6.07, 6.45) is 4.89. The topological polar surface area (TPSA) is 88.1 Å². The molecule has 8 nitrogen and oxygen atoms in total. The highest BCUT2D eigenvalue weighted by Gasteiger charge is 2.29. The molecule has 0 unspecified atom stereocenters. The second kappa shape index (κ2) is 11.7. The molecule has 3 heterocycles. The van der Waals surface area contributed by atoms with Crippen LogP contribution in [0.5, 0.6) is 0 Å². The third-order valence-corrected chi connectivity index (χ3v) is 8.09. The van der Waals surface area contributed by atoms with Crippen molar-refractivity contribution < 1.29 is 9.53 Å². The van der Waals surface area contributed by atoms with Crippen LogP contribution in [0.25, 0.3) is 33.3 Å². The van der Waals surface area contributed by atoms with Crippen LogP contribution < -0.4 is 5.32 Å². The molecule has 39 heavy (non-hydrogen) atoms. The minimum Gasteiger partial charge on any atom is -0.383 e. The predicted molar refractivity (Wildman–Crippen MR) is 156 cm³/mol. The van der Waals surface area contributed by atoms with Crippen LogP contribution in [0.3, 0.4) is 0 Å². The average molecular weight is 547 g/mol. The number of aryl methyl sites for hydroxylation is 1. The quantitative estimate of drug-likeness (QED) is 0.215. The first-order valence-corrected chi connectivity index (χ1v) is 13.7. The number of carbonyl (C=O) groups excluding carboxylic acids is 1. The third-order valence-electron chi connectivity index (χ3n) is 7.60. The van der Waals surface area contributed by atoms with Gasteiger partial charge in [0, 0.05) is 61.1 Å². The molecule has 1 fully saturated rings. The Bertz CT molecular complexity index is 1480. The van der Waals surface area contributed by atoms with Crippen molar-refractivity contribution in [2.75, 3.05) is 33.4 Å². The number of carbonyl (C=O) groups is 1. The summed E-state index contributed by atoms with van der Waals surface area (Å²) in [7, 11) is 1.71. The number of amides is 1. The number of benzene rings is 2. The van der Waals surface area contributed by atoms with E-state index >= 15 is 0 Å². The van der Waals surface area contributed by atoms with Gasteiger partial charge >= 0.3 is 0 Å². The molecule has 4 aromatic rings. The number of nitrogens with zero attached hydrogens (tertiary/aromatic N) is 4. The molecule has 0 radical (unpaired) electrons. The molecule has 5 rings (SSSR count). The van der Waals surface area contributed by atoms with Crippen molar-refractivity contribution in [3.05, 3.63) is 71.0 Å². The van der Waals surface area contributed by atoms with E-state index in [1.807, 2.05) is 24.1 Å². The largest absolute Gasteiger partial charge is 0.383 e. The van der Waals surface area contributed by atoms with E-state index in [9.17, 15) is 4.79 Å². The van der Waals surface area contributed by atoms with Crippen LogP contribution in [-0.4, -0.2) is 64.1 Å². The number of fused-ring (bicyclic) bond motifs is 1. The van der Waals surface area contributed by atoms with E-state index in [1.165, 1.54) is 11.6 Å². The summed E-state index contributed by atoms with van der Waals surface area (Å²) in [5, 5.41) is 17.7. The summed E-state index contributed by atoms with van der Waals surface area (Å²) in [6.45, 7) is 11.4. The van der Waals surface area contributed by atoms with Gasteiger partial charge in [-0.25, -0.2) is 0 Å². The molecular formula is C30H35ClN6O2. The Labute approximate surface area is 234 Å². The lowest BCUT2D eigenvalue weighted by atomic mass is 9.94. The molecular weight excluding hydrogens is 512 g/mol. The summed E-state index contributed by atoms with van der Waals surface area (Å²) in [5.74, 6) is -0.0160. The Balaban J connectivity index is 1.57. The van der Waals surface area contributed by atoms with E-state index in [-0.39, 0.29) is 11.9 Å². The number of halogens is 1. The van der Waals surface area contributed by atoms with Gasteiger partial charge in [-0.2, -0.15) is 10.2 Å². The zero-order valence-electron chi connectivity index (χ0n) is 22.8. The number of hydrogen-bond donors (Lipinski definition) is 2. The van der Waals surface area contributed by atoms with Crippen LogP contribution in [0.2, 0.25) is 5.02 Å². The fourth-order valence-corrected chi connectivity index (χ4v) is 5.72. The molecule has 2 aromatic carbocycles. The van der Waals surface area contributed by atoms with Crippen molar-refractivity contribution in [1.82, 2.24) is 30.2 Å². The number of piperidine rings is 1. The second-order valence-electron chi connectivity index (χ2n) is 10.1. The molecule has 0 atom stereocenters. The van der Waals surface area contributed by atoms with E-state index in [1.54, 1.807) is 7.11 Å². The fraction of sp³-hybridized carbons (Fsp3) is 0.367. The van der Waals surface area contributed by atoms with Crippen LogP contribution in [-0.2, 0) is 16.1 Å². The Morgan fingerprint density at radius 1 is 1.23 bits per heavy atom. The van der Waals surface area contributed by atoms with Gasteiger partial charge < -0.3 is 15.0 Å². The molecule has 2 aromatic heterocycles. The van der Waals surface area contributed by atoms with Crippen molar-refractivity contribution in [1.29, 1.82) is 0 Å². The summed E-state index contributed by atoms with van der Waals surface area (Å²) >= 11 is 7.02. The molecule has 1 aliphatic rings. The molecule has 0 spiro atoms. The Kier molecular flexibility index (Phi) is 8.16. The lowest BCUT2D eigenvalue weighted by molar-refractivity contribution is -0.127. The first-order chi connectivity index (χ1) is 18.9. The van der Waals surface area contributed by atoms with Crippen molar-refractivity contribution in [2.24, 2.45) is 0 Å². The third kappa shape index (κ3) is 5.37. The van der Waals surface area contributed by atoms with Crippen LogP contribution in [0.4, 0.5) is 0 Å². The molecule has 9 heteroatoms. The maximum Gasteiger partial charge on any atom is 0.245 e. The van der Waals surface area contributed by atoms with Gasteiger partial charge in [0.1, 0.15) is 5.69 Å². The SMILES string of the molecule is C=CC(=O)N1CCC(n2nc(-c3ccc(CNCCOC)cc3)c(-c3c(Cl)c(C)cc4[nH]ncc34)c2C)CC1. The second-order valence-corrected chi connectivity index (χ2v) is 10.5. The minimum atomic E-state index is -0.0160. The van der Waals surface area contributed by atoms with Gasteiger partial charge in [-0.05, 0) is 50.0 Å². The Hall–Kier alpha value is -3.46. The predicted octanol–water partition coefficient (Wildman–Crippen LogP) is 5.45. The molecule has 0 aliphatic carbocycles. The lowest BCUT2D eigenvalue weighted by Crippen LogP contribution is -2.38. The van der Waals surface area contributed by atoms with E-state index in [4.69, 9.17) is 21.4 Å². The van der Waals surface area contributed by atoms with Gasteiger partial charge in [0.05, 0.1) is 29.4 Å². The first kappa shape index (κ1) is 27.1. The first-order valence-electron chi connectivity index (χ1n) is 13.3. The molecule has 1 saturated heterocycles. The number of rotatable bonds is 9. The van der Waals surface area contributed by atoms with E-state index in [2.05, 4.69) is 58.0 Å². The van der Waals surface area contributed by atoms with Crippen LogP contribution in [0, 0.1) is 13.8 Å². The number of methoxy groups -OCH3 is 1. The van der Waals surface area contributed by atoms with Crippen LogP contribution in [0.15, 0.2) is 49.2 Å². The van der Waals surface area contributed by atoms with E-state index in [0.717, 1.165) is 70.5 Å². The van der Waals surface area contributed by atoms with E-state index in [0.29, 0.717) is 24.7 Å². The Morgan fingerprint density at radius 3 is 2.67 bits per heavy atom. The number of H-pyrrole nitrogens is 1. The van der Waals surface area contributed by atoms with Crippen molar-refractivity contribution >= 4 is 28.4 Å². The highest BCUT2D eigenvalue weighted by atomic mass is 35.5. The summed E-state index contributed by atoms with van der Waals surface area (Å²) < 4.78 is 7.27. The summed E-state index contributed by atoms with van der Waals surface area (Å²) in [4.78, 5) is 14.0. The van der Waals surface area contributed by atoms with Crippen LogP contribution >= 0.6 is 11.6 Å². The van der Waals surface area contributed by atoms with Gasteiger partial charge in [-0.15, -0.1) is 0 Å². The minimum absolute atomic E-state index is 0.0160. The number of aromatic nitrogens is 4. The van der Waals surface area contributed by atoms with Gasteiger partial charge in [0.2, 0.25) is 5.91 Å². The lowest BCUT2D eigenvalue weighted by Gasteiger charge is -2.32. The highest BCUT2D eigenvalue weighted by molar-refractivity contribution is 6.36. The monoisotopic (exact) mass is 546 g/mol. The molecule has 1 aliphatic heterocycles. The van der Waals surface area contributed by atoms with Crippen molar-refractivity contribution in [2.45, 2.75) is 39.3 Å². The van der Waals surface area contributed by atoms with Gasteiger partial charge in [0.15, 0.2) is 0 Å². The molecule has 0 bridgehead atoms. The summed E-state index contributed by atoms with van der Waals surface area (Å²) in [5.41, 5.74) is 8.06. The highest BCUT2D eigenvalue weighted by Crippen LogP contribution is 2.44. The summed E-state index contributed by atoms with van der Waals surface area (Å²) in [6, 6.07) is 10.7. The smallest absolute Gasteiger partial charge is 0.245 e. The number of hydrogen-bond acceptors (Lipinski definition) is 5. The zero-order valence-corrected chi connectivity index (χ0v) is 23.5. The van der Waals surface area contributed by atoms with E-state index < -0.39 is 0 Å². The molecule has 0 saturated carbocycles. The molecule has 204 valence electrons. The normalized spacial score (nSPS) is 14.3. The maximum atomic E-state index is 12.2. The number of likely N-dealkylation sites (tertiary alicyclic amines) is 1. The molecule has 1 amide bonds. The van der Waals surface area contributed by atoms with Crippen molar-refractivity contribution in [3.8, 4) is 22.4 Å². The van der Waals surface area contributed by atoms with Gasteiger partial charge in [-0.1, -0.05) is 42.4 Å². The zero-order chi connectivity index (χ0) is 27.5. The van der Waals surface area contributed by atoms with Gasteiger partial charge in [0.25, 0.3) is 0 Å². The van der Waals surface area contributed by atoms with Gasteiger partial charge in [-0.3, -0.25) is 14.6 Å². The number of aromatic amines is 1. The van der Waals surface area contributed by atoms with Crippen molar-refractivity contribution in [3.63, 3.8) is 0 Å². The average Bonchev–Trinajstić information content (AvgIpc) is 3.56. The molecule has 2 N–H and O–H groups in total. The van der Waals surface area contributed by atoms with Crippen LogP contribution in [0.1, 0.15) is 35.7 Å². The standard InChI is InChI=1S/C30H35ClN6O2/c1-5-26(38)36-13-10-23(11-14-36)37-20(3)27(28-24-18-33-34-25(24)16-19(2)29(28)31)30(35-37)22-8-6-21(7-9-22)17-32-12-15-39-4/h5-9,16,18,23,32H,1,10-15,17H2,2-4H3,(H,33,34). The number of nitrogens with one attached hydrogen (secondary N) is 2. The maximum absolute atomic E-state index is 12.2. The number of ether oxygens (including phenoxy) is 1.